The summed E-state index contributed by atoms with van der Waals surface area (Å²) >= 11 is 6.30. The zero-order valence-electron chi connectivity index (χ0n) is 16.7. The Balaban J connectivity index is 1.54. The van der Waals surface area contributed by atoms with Crippen molar-refractivity contribution in [1.82, 2.24) is 4.90 Å². The standard InChI is InChI=1S/C23H27ClN2O2/c1-15-4-6-18(7-5-15)14-21(27)26-10-8-19(9-11-26)23(28)25-22-17(3)12-16(2)13-20(22)24/h4-7,12-13,19H,8-11,14H2,1-3H3,(H,25,28). The van der Waals surface area contributed by atoms with Gasteiger partial charge in [0.25, 0.3) is 0 Å². The molecular formula is C23H27ClN2O2. The third kappa shape index (κ3) is 4.93. The van der Waals surface area contributed by atoms with E-state index in [0.29, 0.717) is 43.1 Å². The van der Waals surface area contributed by atoms with Crippen LogP contribution in [0, 0.1) is 26.7 Å². The summed E-state index contributed by atoms with van der Waals surface area (Å²) in [5, 5.41) is 3.56. The Labute approximate surface area is 171 Å². The van der Waals surface area contributed by atoms with Gasteiger partial charge in [0.15, 0.2) is 0 Å². The first-order chi connectivity index (χ1) is 13.3. The molecule has 1 heterocycles. The van der Waals surface area contributed by atoms with Crippen LogP contribution in [-0.4, -0.2) is 29.8 Å². The first kappa shape index (κ1) is 20.4. The Bertz CT molecular complexity index is 846. The lowest BCUT2D eigenvalue weighted by atomic mass is 9.95. The third-order valence-corrected chi connectivity index (χ3v) is 5.67. The zero-order valence-corrected chi connectivity index (χ0v) is 17.5. The molecule has 0 unspecified atom stereocenters. The van der Waals surface area contributed by atoms with Crippen LogP contribution < -0.4 is 5.32 Å². The molecule has 28 heavy (non-hydrogen) atoms. The number of benzene rings is 2. The SMILES string of the molecule is Cc1ccc(CC(=O)N2CCC(C(=O)Nc3c(C)cc(C)cc3Cl)CC2)cc1. The van der Waals surface area contributed by atoms with Crippen LogP contribution in [0.15, 0.2) is 36.4 Å². The topological polar surface area (TPSA) is 49.4 Å². The maximum atomic E-state index is 12.7. The van der Waals surface area contributed by atoms with Crippen molar-refractivity contribution >= 4 is 29.1 Å². The Morgan fingerprint density at radius 3 is 2.29 bits per heavy atom. The van der Waals surface area contributed by atoms with Gasteiger partial charge in [-0.3, -0.25) is 9.59 Å². The number of piperidine rings is 1. The summed E-state index contributed by atoms with van der Waals surface area (Å²) < 4.78 is 0. The molecule has 1 saturated heterocycles. The van der Waals surface area contributed by atoms with Crippen LogP contribution in [0.2, 0.25) is 5.02 Å². The van der Waals surface area contributed by atoms with Crippen molar-refractivity contribution in [2.75, 3.05) is 18.4 Å². The van der Waals surface area contributed by atoms with Crippen LogP contribution in [0.1, 0.15) is 35.1 Å². The monoisotopic (exact) mass is 398 g/mol. The average molecular weight is 399 g/mol. The molecule has 4 nitrogen and oxygen atoms in total. The first-order valence-corrected chi connectivity index (χ1v) is 10.1. The molecule has 0 aliphatic carbocycles. The van der Waals surface area contributed by atoms with Crippen LogP contribution in [0.4, 0.5) is 5.69 Å². The number of anilines is 1. The number of halogens is 1. The van der Waals surface area contributed by atoms with Crippen LogP contribution >= 0.6 is 11.6 Å². The van der Waals surface area contributed by atoms with Gasteiger partial charge in [-0.15, -0.1) is 0 Å². The van der Waals surface area contributed by atoms with Gasteiger partial charge in [0.2, 0.25) is 11.8 Å². The van der Waals surface area contributed by atoms with E-state index in [4.69, 9.17) is 11.6 Å². The van der Waals surface area contributed by atoms with Gasteiger partial charge < -0.3 is 10.2 Å². The van der Waals surface area contributed by atoms with E-state index in [2.05, 4.69) is 5.32 Å². The number of hydrogen-bond acceptors (Lipinski definition) is 2. The van der Waals surface area contributed by atoms with E-state index in [9.17, 15) is 9.59 Å². The zero-order chi connectivity index (χ0) is 20.3. The summed E-state index contributed by atoms with van der Waals surface area (Å²) in [5.74, 6) is 0.0137. The quantitative estimate of drug-likeness (QED) is 0.812. The Hall–Kier alpha value is -2.33. The smallest absolute Gasteiger partial charge is 0.227 e. The molecule has 5 heteroatoms. The molecule has 0 radical (unpaired) electrons. The molecule has 0 atom stereocenters. The average Bonchev–Trinajstić information content (AvgIpc) is 2.66. The number of nitrogens with zero attached hydrogens (tertiary/aromatic N) is 1. The number of aryl methyl sites for hydroxylation is 3. The minimum absolute atomic E-state index is 0.0144. The summed E-state index contributed by atoms with van der Waals surface area (Å²) in [7, 11) is 0. The molecule has 0 saturated carbocycles. The summed E-state index contributed by atoms with van der Waals surface area (Å²) in [4.78, 5) is 27.1. The highest BCUT2D eigenvalue weighted by molar-refractivity contribution is 6.34. The molecule has 0 spiro atoms. The van der Waals surface area contributed by atoms with Crippen molar-refractivity contribution in [3.63, 3.8) is 0 Å². The van der Waals surface area contributed by atoms with E-state index in [1.165, 1.54) is 5.56 Å². The fourth-order valence-corrected chi connectivity index (χ4v) is 4.05. The van der Waals surface area contributed by atoms with Crippen molar-refractivity contribution in [2.24, 2.45) is 5.92 Å². The largest absolute Gasteiger partial charge is 0.342 e. The summed E-state index contributed by atoms with van der Waals surface area (Å²) in [6.07, 6.45) is 1.76. The van der Waals surface area contributed by atoms with Crippen LogP contribution in [0.5, 0.6) is 0 Å². The number of amides is 2. The van der Waals surface area contributed by atoms with E-state index < -0.39 is 0 Å². The molecular weight excluding hydrogens is 372 g/mol. The summed E-state index contributed by atoms with van der Waals surface area (Å²) in [6.45, 7) is 7.19. The molecule has 2 aromatic rings. The van der Waals surface area contributed by atoms with E-state index in [-0.39, 0.29) is 17.7 Å². The molecule has 1 fully saturated rings. The van der Waals surface area contributed by atoms with E-state index in [0.717, 1.165) is 16.7 Å². The summed E-state index contributed by atoms with van der Waals surface area (Å²) in [6, 6.07) is 11.9. The van der Waals surface area contributed by atoms with E-state index in [1.54, 1.807) is 0 Å². The molecule has 2 aromatic carbocycles. The van der Waals surface area contributed by atoms with Gasteiger partial charge in [-0.2, -0.15) is 0 Å². The minimum Gasteiger partial charge on any atom is -0.342 e. The van der Waals surface area contributed by atoms with Gasteiger partial charge in [0.1, 0.15) is 0 Å². The van der Waals surface area contributed by atoms with Gasteiger partial charge in [-0.25, -0.2) is 0 Å². The van der Waals surface area contributed by atoms with Crippen molar-refractivity contribution in [2.45, 2.75) is 40.0 Å². The molecule has 3 rings (SSSR count). The Morgan fingerprint density at radius 1 is 1.04 bits per heavy atom. The second kappa shape index (κ2) is 8.78. The number of carbonyl (C=O) groups excluding carboxylic acids is 2. The predicted octanol–water partition coefficient (Wildman–Crippen LogP) is 4.69. The lowest BCUT2D eigenvalue weighted by molar-refractivity contribution is -0.133. The normalized spacial score (nSPS) is 14.8. The van der Waals surface area contributed by atoms with Crippen molar-refractivity contribution < 1.29 is 9.59 Å². The molecule has 2 amide bonds. The number of nitrogens with one attached hydrogen (secondary N) is 1. The number of carbonyl (C=O) groups is 2. The molecule has 0 aromatic heterocycles. The fourth-order valence-electron chi connectivity index (χ4n) is 3.68. The predicted molar refractivity (Wildman–Crippen MR) is 114 cm³/mol. The van der Waals surface area contributed by atoms with Gasteiger partial charge in [-0.05, 0) is 56.4 Å². The molecule has 1 N–H and O–H groups in total. The van der Waals surface area contributed by atoms with E-state index >= 15 is 0 Å². The number of likely N-dealkylation sites (tertiary alicyclic amines) is 1. The van der Waals surface area contributed by atoms with Gasteiger partial charge in [0.05, 0.1) is 17.1 Å². The maximum absolute atomic E-state index is 12.7. The van der Waals surface area contributed by atoms with Crippen molar-refractivity contribution in [3.05, 3.63) is 63.7 Å². The van der Waals surface area contributed by atoms with Gasteiger partial charge in [-0.1, -0.05) is 47.5 Å². The van der Waals surface area contributed by atoms with Crippen LogP contribution in [0.25, 0.3) is 0 Å². The highest BCUT2D eigenvalue weighted by Gasteiger charge is 2.28. The van der Waals surface area contributed by atoms with E-state index in [1.807, 2.05) is 62.1 Å². The highest BCUT2D eigenvalue weighted by atomic mass is 35.5. The van der Waals surface area contributed by atoms with Crippen molar-refractivity contribution in [3.8, 4) is 0 Å². The number of rotatable bonds is 4. The molecule has 148 valence electrons. The maximum Gasteiger partial charge on any atom is 0.227 e. The van der Waals surface area contributed by atoms with Crippen LogP contribution in [-0.2, 0) is 16.0 Å². The molecule has 1 aliphatic heterocycles. The lowest BCUT2D eigenvalue weighted by Crippen LogP contribution is -2.42. The second-order valence-electron chi connectivity index (χ2n) is 7.75. The number of hydrogen-bond donors (Lipinski definition) is 1. The molecule has 1 aliphatic rings. The Morgan fingerprint density at radius 2 is 1.68 bits per heavy atom. The Kier molecular flexibility index (Phi) is 6.40. The fraction of sp³-hybridized carbons (Fsp3) is 0.391. The minimum atomic E-state index is -0.0970. The van der Waals surface area contributed by atoms with Gasteiger partial charge >= 0.3 is 0 Å². The third-order valence-electron chi connectivity index (χ3n) is 5.37. The summed E-state index contributed by atoms with van der Waals surface area (Å²) in [5.41, 5.74) is 4.94. The lowest BCUT2D eigenvalue weighted by Gasteiger charge is -2.31. The second-order valence-corrected chi connectivity index (χ2v) is 8.15. The van der Waals surface area contributed by atoms with Gasteiger partial charge in [0, 0.05) is 19.0 Å². The molecule has 0 bridgehead atoms. The first-order valence-electron chi connectivity index (χ1n) is 9.74. The highest BCUT2D eigenvalue weighted by Crippen LogP contribution is 2.29. The van der Waals surface area contributed by atoms with Crippen LogP contribution in [0.3, 0.4) is 0 Å². The van der Waals surface area contributed by atoms with Crippen molar-refractivity contribution in [1.29, 1.82) is 0 Å².